The summed E-state index contributed by atoms with van der Waals surface area (Å²) in [5.74, 6) is 1.60. The van der Waals surface area contributed by atoms with E-state index in [-0.39, 0.29) is 35.4 Å². The Balaban J connectivity index is 0.00000337. The topological polar surface area (TPSA) is 56.3 Å². The van der Waals surface area contributed by atoms with Crippen LogP contribution >= 0.6 is 12.4 Å². The Morgan fingerprint density at radius 3 is 2.24 bits per heavy atom. The van der Waals surface area contributed by atoms with Crippen molar-refractivity contribution >= 4 is 24.3 Å². The van der Waals surface area contributed by atoms with Gasteiger partial charge in [0.15, 0.2) is 0 Å². The summed E-state index contributed by atoms with van der Waals surface area (Å²) in [6.07, 6.45) is 5.18. The third-order valence-electron chi connectivity index (χ3n) is 10.3. The highest BCUT2D eigenvalue weighted by atomic mass is 35.5. The Morgan fingerprint density at radius 1 is 1.02 bits per heavy atom. The second-order valence-corrected chi connectivity index (χ2v) is 15.1. The van der Waals surface area contributed by atoms with Gasteiger partial charge < -0.3 is 19.4 Å². The summed E-state index contributed by atoms with van der Waals surface area (Å²) in [6.45, 7) is 16.9. The molecule has 1 aromatic carbocycles. The number of rotatable bonds is 7. The molecule has 4 atom stereocenters. The van der Waals surface area contributed by atoms with Gasteiger partial charge in [0.2, 0.25) is 5.91 Å². The first-order valence-corrected chi connectivity index (χ1v) is 15.8. The zero-order valence-electron chi connectivity index (χ0n) is 25.8. The van der Waals surface area contributed by atoms with Crippen LogP contribution in [0.3, 0.4) is 0 Å². The molecule has 5 aliphatic rings. The van der Waals surface area contributed by atoms with Gasteiger partial charge >= 0.3 is 6.03 Å². The number of hydrogen-bond donors (Lipinski definition) is 0. The molecule has 7 nitrogen and oxygen atoms in total. The van der Waals surface area contributed by atoms with E-state index in [0.29, 0.717) is 42.2 Å². The predicted octanol–water partition coefficient (Wildman–Crippen LogP) is 5.24. The summed E-state index contributed by atoms with van der Waals surface area (Å²) < 4.78 is 5.42. The lowest BCUT2D eigenvalue weighted by Crippen LogP contribution is -2.60. The zero-order chi connectivity index (χ0) is 28.2. The number of piperidine rings is 1. The Bertz CT molecular complexity index is 1070. The highest BCUT2D eigenvalue weighted by molar-refractivity contribution is 5.85. The molecule has 0 aromatic heterocycles. The van der Waals surface area contributed by atoms with Gasteiger partial charge in [0.05, 0.1) is 18.8 Å². The minimum atomic E-state index is -0.0542. The Morgan fingerprint density at radius 2 is 1.68 bits per heavy atom. The molecule has 6 rings (SSSR count). The van der Waals surface area contributed by atoms with Crippen molar-refractivity contribution in [2.45, 2.75) is 96.3 Å². The summed E-state index contributed by atoms with van der Waals surface area (Å²) in [5, 5.41) is 0. The van der Waals surface area contributed by atoms with Crippen LogP contribution in [0.2, 0.25) is 0 Å². The van der Waals surface area contributed by atoms with Crippen LogP contribution in [-0.4, -0.2) is 101 Å². The minimum Gasteiger partial charge on any atom is -0.381 e. The van der Waals surface area contributed by atoms with Gasteiger partial charge in [0.1, 0.15) is 0 Å². The lowest BCUT2D eigenvalue weighted by molar-refractivity contribution is -0.132. The lowest BCUT2D eigenvalue weighted by Gasteiger charge is -2.50. The van der Waals surface area contributed by atoms with Crippen LogP contribution in [0.5, 0.6) is 0 Å². The molecule has 2 bridgehead atoms. The van der Waals surface area contributed by atoms with Crippen molar-refractivity contribution < 1.29 is 14.3 Å². The molecule has 41 heavy (non-hydrogen) atoms. The minimum absolute atomic E-state index is 0. The van der Waals surface area contributed by atoms with Crippen LogP contribution in [-0.2, 0) is 9.53 Å². The maximum atomic E-state index is 13.6. The van der Waals surface area contributed by atoms with E-state index in [2.05, 4.69) is 84.6 Å². The first-order chi connectivity index (χ1) is 19.0. The van der Waals surface area contributed by atoms with Gasteiger partial charge in [0, 0.05) is 69.1 Å². The third kappa shape index (κ3) is 6.01. The van der Waals surface area contributed by atoms with Gasteiger partial charge in [-0.25, -0.2) is 4.79 Å². The first kappa shape index (κ1) is 30.6. The van der Waals surface area contributed by atoms with Crippen molar-refractivity contribution in [1.29, 1.82) is 0 Å². The van der Waals surface area contributed by atoms with Crippen molar-refractivity contribution in [1.82, 2.24) is 19.6 Å². The van der Waals surface area contributed by atoms with E-state index in [0.717, 1.165) is 58.8 Å². The average Bonchev–Trinajstić information content (AvgIpc) is 3.47. The fraction of sp³-hybridized carbons (Fsp3) is 0.758. The molecule has 0 saturated carbocycles. The molecular formula is C33H51ClN4O3. The molecule has 228 valence electrons. The number of likely N-dealkylation sites (tertiary alicyclic amines) is 1. The van der Waals surface area contributed by atoms with Crippen molar-refractivity contribution in [2.75, 3.05) is 45.9 Å². The summed E-state index contributed by atoms with van der Waals surface area (Å²) in [4.78, 5) is 36.3. The number of carbonyl (C=O) groups excluding carboxylic acids is 2. The molecule has 3 amide bonds. The van der Waals surface area contributed by atoms with E-state index >= 15 is 0 Å². The molecule has 5 fully saturated rings. The largest absolute Gasteiger partial charge is 0.381 e. The average molecular weight is 587 g/mol. The molecule has 0 N–H and O–H groups in total. The zero-order valence-corrected chi connectivity index (χ0v) is 26.6. The summed E-state index contributed by atoms with van der Waals surface area (Å²) in [5.41, 5.74) is 1.31. The molecule has 0 radical (unpaired) electrons. The second-order valence-electron chi connectivity index (χ2n) is 15.1. The number of nitrogens with zero attached hydrogens (tertiary/aromatic N) is 4. The van der Waals surface area contributed by atoms with Crippen molar-refractivity contribution in [3.8, 4) is 0 Å². The molecule has 0 aliphatic carbocycles. The van der Waals surface area contributed by atoms with Crippen LogP contribution in [0.25, 0.3) is 0 Å². The van der Waals surface area contributed by atoms with Crippen molar-refractivity contribution in [3.63, 3.8) is 0 Å². The van der Waals surface area contributed by atoms with Crippen LogP contribution in [0, 0.1) is 17.3 Å². The highest BCUT2D eigenvalue weighted by Gasteiger charge is 2.58. The predicted molar refractivity (Wildman–Crippen MR) is 164 cm³/mol. The lowest BCUT2D eigenvalue weighted by atomic mass is 9.80. The number of urea groups is 1. The Kier molecular flexibility index (Phi) is 8.73. The molecular weight excluding hydrogens is 536 g/mol. The van der Waals surface area contributed by atoms with E-state index in [1.807, 2.05) is 0 Å². The maximum absolute atomic E-state index is 13.6. The van der Waals surface area contributed by atoms with E-state index < -0.39 is 0 Å². The summed E-state index contributed by atoms with van der Waals surface area (Å²) in [7, 11) is 0. The number of carbonyl (C=O) groups is 2. The van der Waals surface area contributed by atoms with Gasteiger partial charge in [-0.2, -0.15) is 0 Å². The fourth-order valence-corrected chi connectivity index (χ4v) is 8.68. The second kappa shape index (κ2) is 11.7. The summed E-state index contributed by atoms with van der Waals surface area (Å²) in [6, 6.07) is 12.3. The number of amides is 3. The van der Waals surface area contributed by atoms with E-state index in [1.165, 1.54) is 18.4 Å². The van der Waals surface area contributed by atoms with Crippen LogP contribution in [0.1, 0.15) is 78.2 Å². The molecule has 1 aromatic rings. The van der Waals surface area contributed by atoms with Crippen molar-refractivity contribution in [2.24, 2.45) is 17.3 Å². The number of halogens is 1. The highest BCUT2D eigenvalue weighted by Crippen LogP contribution is 2.49. The molecule has 8 heteroatoms. The number of benzene rings is 1. The maximum Gasteiger partial charge on any atom is 0.320 e. The van der Waals surface area contributed by atoms with Crippen molar-refractivity contribution in [3.05, 3.63) is 35.9 Å². The van der Waals surface area contributed by atoms with Crippen LogP contribution in [0.15, 0.2) is 30.3 Å². The first-order valence-electron chi connectivity index (χ1n) is 15.8. The van der Waals surface area contributed by atoms with E-state index in [1.54, 1.807) is 0 Å². The van der Waals surface area contributed by atoms with Gasteiger partial charge in [-0.3, -0.25) is 9.69 Å². The van der Waals surface area contributed by atoms with Gasteiger partial charge in [-0.05, 0) is 56.4 Å². The fourth-order valence-electron chi connectivity index (χ4n) is 8.68. The van der Waals surface area contributed by atoms with Crippen LogP contribution < -0.4 is 0 Å². The Hall–Kier alpha value is -1.83. The standard InChI is InChI=1S/C33H50N4O3.ClH/c1-23(2)37-31(39)35(16-24-20-40-21-24)22-33(37)13-27-11-12-28(14-33)36(27)18-26-17-34(30(38)15-32(3,4)5)19-29(26)25-9-7-6-8-10-25;/h6-10,23-24,26-29H,11-22H2,1-5H3;1H/t26-,27?,28?,29-,33?;/m1./s1. The molecule has 1 spiro atoms. The van der Waals surface area contributed by atoms with Crippen LogP contribution in [0.4, 0.5) is 4.79 Å². The molecule has 5 heterocycles. The smallest absolute Gasteiger partial charge is 0.320 e. The number of fused-ring (bicyclic) bond motifs is 2. The number of ether oxygens (including phenoxy) is 1. The Labute approximate surface area is 253 Å². The quantitative estimate of drug-likeness (QED) is 0.438. The third-order valence-corrected chi connectivity index (χ3v) is 10.3. The van der Waals surface area contributed by atoms with E-state index in [9.17, 15) is 9.59 Å². The van der Waals surface area contributed by atoms with Gasteiger partial charge in [-0.15, -0.1) is 12.4 Å². The normalized spacial score (nSPS) is 32.2. The molecule has 5 saturated heterocycles. The molecule has 5 aliphatic heterocycles. The summed E-state index contributed by atoms with van der Waals surface area (Å²) >= 11 is 0. The SMILES string of the molecule is CC(C)N1C(=O)N(CC2COC2)CC12CC1CCC(C2)N1C[C@H]1CN(C(=O)CC(C)(C)C)C[C@@H]1c1ccccc1.Cl. The monoisotopic (exact) mass is 586 g/mol. The number of hydrogen-bond acceptors (Lipinski definition) is 4. The molecule has 2 unspecified atom stereocenters. The van der Waals surface area contributed by atoms with Gasteiger partial charge in [0.25, 0.3) is 0 Å². The van der Waals surface area contributed by atoms with Gasteiger partial charge in [-0.1, -0.05) is 51.1 Å². The van der Waals surface area contributed by atoms with E-state index in [4.69, 9.17) is 4.74 Å².